The highest BCUT2D eigenvalue weighted by Gasteiger charge is 2.28. The molecule has 0 radical (unpaired) electrons. The number of carbonyl (C=O) groups is 3. The normalized spacial score (nSPS) is 13.4. The highest BCUT2D eigenvalue weighted by molar-refractivity contribution is 7.90. The van der Waals surface area contributed by atoms with Gasteiger partial charge in [0.25, 0.3) is 21.8 Å². The van der Waals surface area contributed by atoms with Gasteiger partial charge in [0.05, 0.1) is 50.1 Å². The lowest BCUT2D eigenvalue weighted by molar-refractivity contribution is 0.0323. The molecule has 4 aromatic carbocycles. The Kier molecular flexibility index (Phi) is 13.4. The number of benzene rings is 4. The minimum atomic E-state index is -4.43. The molecule has 2 N–H and O–H groups in total. The summed E-state index contributed by atoms with van der Waals surface area (Å²) >= 11 is 19.0. The van der Waals surface area contributed by atoms with Crippen LogP contribution in [0.3, 0.4) is 0 Å². The fourth-order valence-electron chi connectivity index (χ4n) is 6.36. The standard InChI is InChI=1S/C40H40Cl3N5O8S/c1-3-4-14-47(24-26-8-12-32(41)33(42)21-26)39(50)37-36(43)25(2)48(44-37)34-13-10-28(22-31(34)40(51)52)38(49)45-57(53,54)29-11-9-27-6-5-7-35(30(27)23-29)56-20-17-46-15-18-55-19-16-46/h5-13,21-23H,3-4,14-20,24H2,1-2H3,(H,45,49)(H,51,52). The van der Waals surface area contributed by atoms with Gasteiger partial charge in [-0.2, -0.15) is 5.10 Å². The van der Waals surface area contributed by atoms with Gasteiger partial charge in [0.2, 0.25) is 0 Å². The van der Waals surface area contributed by atoms with Gasteiger partial charge in [-0.25, -0.2) is 22.6 Å². The molecule has 0 unspecified atom stereocenters. The second-order valence-electron chi connectivity index (χ2n) is 13.4. The number of carbonyl (C=O) groups excluding carboxylic acids is 2. The van der Waals surface area contributed by atoms with Crippen molar-refractivity contribution in [3.63, 3.8) is 0 Å². The monoisotopic (exact) mass is 855 g/mol. The molecule has 57 heavy (non-hydrogen) atoms. The van der Waals surface area contributed by atoms with Crippen LogP contribution >= 0.6 is 34.8 Å². The van der Waals surface area contributed by atoms with E-state index in [1.807, 2.05) is 19.1 Å². The maximum Gasteiger partial charge on any atom is 0.337 e. The molecule has 5 aromatic rings. The highest BCUT2D eigenvalue weighted by Crippen LogP contribution is 2.30. The van der Waals surface area contributed by atoms with Crippen molar-refractivity contribution in [1.29, 1.82) is 0 Å². The number of nitrogens with one attached hydrogen (secondary N) is 1. The Morgan fingerprint density at radius 3 is 2.47 bits per heavy atom. The molecule has 0 aliphatic carbocycles. The topological polar surface area (TPSA) is 160 Å². The van der Waals surface area contributed by atoms with E-state index in [2.05, 4.69) is 14.7 Å². The Morgan fingerprint density at radius 1 is 0.982 bits per heavy atom. The maximum atomic E-state index is 13.9. The minimum Gasteiger partial charge on any atom is -0.492 e. The molecule has 17 heteroatoms. The summed E-state index contributed by atoms with van der Waals surface area (Å²) in [5.74, 6) is -2.48. The second kappa shape index (κ2) is 18.3. The Morgan fingerprint density at radius 2 is 1.75 bits per heavy atom. The summed E-state index contributed by atoms with van der Waals surface area (Å²) < 4.78 is 41.8. The molecular weight excluding hydrogens is 817 g/mol. The first-order chi connectivity index (χ1) is 27.3. The Balaban J connectivity index is 1.22. The summed E-state index contributed by atoms with van der Waals surface area (Å²) in [6.45, 7) is 8.12. The average Bonchev–Trinajstić information content (AvgIpc) is 3.50. The Bertz CT molecular complexity index is 2440. The molecule has 1 aliphatic rings. The summed E-state index contributed by atoms with van der Waals surface area (Å²) in [5, 5.41) is 16.7. The smallest absolute Gasteiger partial charge is 0.337 e. The number of unbranched alkanes of at least 4 members (excludes halogenated alkanes) is 1. The predicted octanol–water partition coefficient (Wildman–Crippen LogP) is 7.26. The van der Waals surface area contributed by atoms with Crippen LogP contribution in [0.4, 0.5) is 0 Å². The number of amides is 2. The van der Waals surface area contributed by atoms with E-state index in [4.69, 9.17) is 44.3 Å². The summed E-state index contributed by atoms with van der Waals surface area (Å²) in [7, 11) is -4.43. The van der Waals surface area contributed by atoms with Crippen molar-refractivity contribution in [3.05, 3.63) is 116 Å². The molecule has 0 atom stereocenters. The lowest BCUT2D eigenvalue weighted by atomic mass is 10.1. The van der Waals surface area contributed by atoms with E-state index in [9.17, 15) is 27.9 Å². The van der Waals surface area contributed by atoms with E-state index >= 15 is 0 Å². The van der Waals surface area contributed by atoms with Crippen LogP contribution in [-0.4, -0.2) is 96.9 Å². The van der Waals surface area contributed by atoms with Crippen LogP contribution in [0.1, 0.15) is 62.2 Å². The molecule has 6 rings (SSSR count). The summed E-state index contributed by atoms with van der Waals surface area (Å²) in [4.78, 5) is 43.5. The third-order valence-electron chi connectivity index (χ3n) is 9.51. The second-order valence-corrected chi connectivity index (χ2v) is 16.3. The number of aromatic nitrogens is 2. The number of nitrogens with zero attached hydrogens (tertiary/aromatic N) is 4. The number of aromatic carboxylic acids is 1. The van der Waals surface area contributed by atoms with E-state index in [1.54, 1.807) is 42.2 Å². The lowest BCUT2D eigenvalue weighted by Gasteiger charge is -2.26. The largest absolute Gasteiger partial charge is 0.492 e. The van der Waals surface area contributed by atoms with Crippen molar-refractivity contribution in [2.75, 3.05) is 46.0 Å². The number of sulfonamides is 1. The Hall–Kier alpha value is -4.70. The van der Waals surface area contributed by atoms with Gasteiger partial charge in [-0.1, -0.05) is 72.4 Å². The molecule has 2 amide bonds. The van der Waals surface area contributed by atoms with Crippen LogP contribution < -0.4 is 9.46 Å². The Labute approximate surface area is 345 Å². The predicted molar refractivity (Wildman–Crippen MR) is 218 cm³/mol. The van der Waals surface area contributed by atoms with Gasteiger partial charge in [0, 0.05) is 43.7 Å². The van der Waals surface area contributed by atoms with Gasteiger partial charge < -0.3 is 19.5 Å². The number of ether oxygens (including phenoxy) is 2. The van der Waals surface area contributed by atoms with Crippen molar-refractivity contribution in [1.82, 2.24) is 24.3 Å². The van der Waals surface area contributed by atoms with Crippen molar-refractivity contribution in [2.24, 2.45) is 0 Å². The first kappa shape index (κ1) is 41.9. The molecule has 0 saturated carbocycles. The quantitative estimate of drug-likeness (QED) is 0.110. The van der Waals surface area contributed by atoms with Gasteiger partial charge >= 0.3 is 5.97 Å². The summed E-state index contributed by atoms with van der Waals surface area (Å²) in [6, 6.07) is 18.5. The van der Waals surface area contributed by atoms with Gasteiger partial charge in [-0.05, 0) is 72.8 Å². The minimum absolute atomic E-state index is 0.000581. The van der Waals surface area contributed by atoms with Crippen molar-refractivity contribution in [3.8, 4) is 11.4 Å². The maximum absolute atomic E-state index is 13.9. The average molecular weight is 857 g/mol. The van der Waals surface area contributed by atoms with Crippen molar-refractivity contribution in [2.45, 2.75) is 38.1 Å². The molecular formula is C40H40Cl3N5O8S. The van der Waals surface area contributed by atoms with Crippen LogP contribution in [0.15, 0.2) is 77.7 Å². The number of fused-ring (bicyclic) bond motifs is 1. The third-order valence-corrected chi connectivity index (χ3v) is 12.0. The fraction of sp³-hybridized carbons (Fsp3) is 0.300. The fourth-order valence-corrected chi connectivity index (χ4v) is 7.88. The number of hydrogen-bond acceptors (Lipinski definition) is 9. The SMILES string of the molecule is CCCCN(Cc1ccc(Cl)c(Cl)c1)C(=O)c1nn(-c2ccc(C(=O)NS(=O)(=O)c3ccc4cccc(OCCN5CCOCC5)c4c3)cc2C(=O)O)c(C)c1Cl. The molecule has 1 aliphatic heterocycles. The highest BCUT2D eigenvalue weighted by atomic mass is 35.5. The molecule has 300 valence electrons. The number of halogens is 3. The van der Waals surface area contributed by atoms with E-state index in [0.717, 1.165) is 36.5 Å². The molecule has 0 bridgehead atoms. The van der Waals surface area contributed by atoms with E-state index in [-0.39, 0.29) is 44.7 Å². The van der Waals surface area contributed by atoms with Gasteiger partial charge in [0.1, 0.15) is 12.4 Å². The molecule has 1 aromatic heterocycles. The lowest BCUT2D eigenvalue weighted by Crippen LogP contribution is -2.38. The zero-order chi connectivity index (χ0) is 40.9. The molecule has 13 nitrogen and oxygen atoms in total. The van der Waals surface area contributed by atoms with Crippen molar-refractivity contribution < 1.29 is 37.4 Å². The molecule has 0 spiro atoms. The van der Waals surface area contributed by atoms with E-state index in [1.165, 1.54) is 28.9 Å². The summed E-state index contributed by atoms with van der Waals surface area (Å²) in [5.41, 5.74) is 0.278. The van der Waals surface area contributed by atoms with Crippen LogP contribution in [0.25, 0.3) is 16.5 Å². The first-order valence-corrected chi connectivity index (χ1v) is 20.8. The molecule has 1 fully saturated rings. The number of hydrogen-bond donors (Lipinski definition) is 2. The summed E-state index contributed by atoms with van der Waals surface area (Å²) in [6.07, 6.45) is 1.50. The molecule has 1 saturated heterocycles. The van der Waals surface area contributed by atoms with Gasteiger partial charge in [-0.3, -0.25) is 14.5 Å². The molecule has 2 heterocycles. The van der Waals surface area contributed by atoms with Crippen molar-refractivity contribution >= 4 is 73.4 Å². The number of rotatable bonds is 15. The van der Waals surface area contributed by atoms with Gasteiger partial charge in [-0.15, -0.1) is 0 Å². The van der Waals surface area contributed by atoms with Crippen LogP contribution in [0.5, 0.6) is 5.75 Å². The van der Waals surface area contributed by atoms with Crippen LogP contribution in [0.2, 0.25) is 15.1 Å². The van der Waals surface area contributed by atoms with E-state index < -0.39 is 27.8 Å². The van der Waals surface area contributed by atoms with Crippen LogP contribution in [0, 0.1) is 6.92 Å². The third kappa shape index (κ3) is 9.71. The van der Waals surface area contributed by atoms with Gasteiger partial charge in [0.15, 0.2) is 5.69 Å². The number of morpholine rings is 1. The zero-order valence-corrected chi connectivity index (χ0v) is 34.2. The zero-order valence-electron chi connectivity index (χ0n) is 31.1. The number of carboxylic acids is 1. The first-order valence-electron chi connectivity index (χ1n) is 18.2. The number of carboxylic acid groups (broad SMARTS) is 1. The van der Waals surface area contributed by atoms with E-state index in [0.29, 0.717) is 60.5 Å². The van der Waals surface area contributed by atoms with Crippen LogP contribution in [-0.2, 0) is 21.3 Å².